The minimum absolute atomic E-state index is 0.442. The standard InChI is InChI=1S/C17H32N4/c1-7-9-15-16(18-10-8-2)19-12-20-17(15)21(14(5)6)11-13(3)4/h12-14H,7-11H2,1-6H3,(H,18,19,20). The summed E-state index contributed by atoms with van der Waals surface area (Å²) >= 11 is 0. The number of hydrogen-bond acceptors (Lipinski definition) is 4. The van der Waals surface area contributed by atoms with Crippen molar-refractivity contribution in [3.63, 3.8) is 0 Å². The molecule has 0 aromatic carbocycles. The van der Waals surface area contributed by atoms with Crippen LogP contribution >= 0.6 is 0 Å². The smallest absolute Gasteiger partial charge is 0.137 e. The maximum Gasteiger partial charge on any atom is 0.137 e. The van der Waals surface area contributed by atoms with Crippen LogP contribution in [-0.4, -0.2) is 29.1 Å². The first-order chi connectivity index (χ1) is 10.0. The Hall–Kier alpha value is -1.32. The first-order valence-corrected chi connectivity index (χ1v) is 8.35. The molecule has 1 aromatic rings. The normalized spacial score (nSPS) is 11.2. The van der Waals surface area contributed by atoms with E-state index in [2.05, 4.69) is 61.7 Å². The van der Waals surface area contributed by atoms with Crippen molar-refractivity contribution in [1.29, 1.82) is 0 Å². The molecule has 0 atom stereocenters. The highest BCUT2D eigenvalue weighted by molar-refractivity contribution is 5.59. The lowest BCUT2D eigenvalue weighted by Gasteiger charge is -2.31. The van der Waals surface area contributed by atoms with Crippen molar-refractivity contribution in [2.45, 2.75) is 66.8 Å². The van der Waals surface area contributed by atoms with Crippen molar-refractivity contribution in [2.24, 2.45) is 5.92 Å². The summed E-state index contributed by atoms with van der Waals surface area (Å²) in [4.78, 5) is 11.5. The predicted octanol–water partition coefficient (Wildman–Crippen LogP) is 4.12. The van der Waals surface area contributed by atoms with Crippen molar-refractivity contribution in [1.82, 2.24) is 9.97 Å². The minimum Gasteiger partial charge on any atom is -0.370 e. The fourth-order valence-corrected chi connectivity index (χ4v) is 2.46. The van der Waals surface area contributed by atoms with Crippen LogP contribution in [0.2, 0.25) is 0 Å². The molecule has 1 rings (SSSR count). The molecule has 0 radical (unpaired) electrons. The van der Waals surface area contributed by atoms with Crippen molar-refractivity contribution in [2.75, 3.05) is 23.3 Å². The average Bonchev–Trinajstić information content (AvgIpc) is 2.43. The van der Waals surface area contributed by atoms with Crippen molar-refractivity contribution >= 4 is 11.6 Å². The van der Waals surface area contributed by atoms with Crippen LogP contribution in [-0.2, 0) is 6.42 Å². The van der Waals surface area contributed by atoms with Crippen LogP contribution in [0.4, 0.5) is 11.6 Å². The Morgan fingerprint density at radius 2 is 1.81 bits per heavy atom. The Labute approximate surface area is 130 Å². The molecule has 0 amide bonds. The maximum absolute atomic E-state index is 4.62. The van der Waals surface area contributed by atoms with Gasteiger partial charge in [0, 0.05) is 24.7 Å². The minimum atomic E-state index is 0.442. The van der Waals surface area contributed by atoms with E-state index in [1.165, 1.54) is 5.56 Å². The van der Waals surface area contributed by atoms with Crippen molar-refractivity contribution < 1.29 is 0 Å². The Kier molecular flexibility index (Phi) is 7.48. The largest absolute Gasteiger partial charge is 0.370 e. The Bertz CT molecular complexity index is 415. The molecule has 0 aliphatic rings. The number of hydrogen-bond donors (Lipinski definition) is 1. The third-order valence-corrected chi connectivity index (χ3v) is 3.42. The summed E-state index contributed by atoms with van der Waals surface area (Å²) in [5, 5.41) is 3.46. The lowest BCUT2D eigenvalue weighted by atomic mass is 10.1. The first kappa shape index (κ1) is 17.7. The van der Waals surface area contributed by atoms with Gasteiger partial charge in [0.05, 0.1) is 0 Å². The molecule has 1 heterocycles. The van der Waals surface area contributed by atoms with Gasteiger partial charge in [-0.25, -0.2) is 9.97 Å². The number of nitrogens with one attached hydrogen (secondary N) is 1. The molecule has 0 unspecified atom stereocenters. The molecular weight excluding hydrogens is 260 g/mol. The molecular formula is C17H32N4. The summed E-state index contributed by atoms with van der Waals surface area (Å²) < 4.78 is 0. The summed E-state index contributed by atoms with van der Waals surface area (Å²) in [6, 6.07) is 0.442. The third-order valence-electron chi connectivity index (χ3n) is 3.42. The van der Waals surface area contributed by atoms with E-state index in [0.29, 0.717) is 12.0 Å². The SMILES string of the molecule is CCCNc1ncnc(N(CC(C)C)C(C)C)c1CCC. The van der Waals surface area contributed by atoms with Crippen LogP contribution in [0.3, 0.4) is 0 Å². The fraction of sp³-hybridized carbons (Fsp3) is 0.765. The van der Waals surface area contributed by atoms with Gasteiger partial charge in [-0.15, -0.1) is 0 Å². The number of nitrogens with zero attached hydrogens (tertiary/aromatic N) is 3. The summed E-state index contributed by atoms with van der Waals surface area (Å²) in [6.07, 6.45) is 4.92. The van der Waals surface area contributed by atoms with E-state index in [9.17, 15) is 0 Å². The quantitative estimate of drug-likeness (QED) is 0.743. The second-order valence-electron chi connectivity index (χ2n) is 6.34. The highest BCUT2D eigenvalue weighted by Gasteiger charge is 2.19. The van der Waals surface area contributed by atoms with E-state index >= 15 is 0 Å². The van der Waals surface area contributed by atoms with Gasteiger partial charge in [0.15, 0.2) is 0 Å². The van der Waals surface area contributed by atoms with Gasteiger partial charge in [-0.3, -0.25) is 0 Å². The lowest BCUT2D eigenvalue weighted by Crippen LogP contribution is -2.36. The Morgan fingerprint density at radius 3 is 2.33 bits per heavy atom. The van der Waals surface area contributed by atoms with Crippen LogP contribution in [0.25, 0.3) is 0 Å². The van der Waals surface area contributed by atoms with E-state index in [0.717, 1.165) is 44.0 Å². The van der Waals surface area contributed by atoms with E-state index in [1.807, 2.05) is 0 Å². The van der Waals surface area contributed by atoms with E-state index < -0.39 is 0 Å². The molecule has 0 bridgehead atoms. The molecule has 4 nitrogen and oxygen atoms in total. The van der Waals surface area contributed by atoms with E-state index in [1.54, 1.807) is 6.33 Å². The fourth-order valence-electron chi connectivity index (χ4n) is 2.46. The van der Waals surface area contributed by atoms with Gasteiger partial charge >= 0.3 is 0 Å². The molecule has 0 saturated carbocycles. The van der Waals surface area contributed by atoms with E-state index in [-0.39, 0.29) is 0 Å². The highest BCUT2D eigenvalue weighted by atomic mass is 15.2. The van der Waals surface area contributed by atoms with Gasteiger partial charge < -0.3 is 10.2 Å². The van der Waals surface area contributed by atoms with Gasteiger partial charge in [0.2, 0.25) is 0 Å². The molecule has 120 valence electrons. The van der Waals surface area contributed by atoms with Crippen LogP contribution < -0.4 is 10.2 Å². The third kappa shape index (κ3) is 5.18. The number of anilines is 2. The van der Waals surface area contributed by atoms with Gasteiger partial charge in [-0.2, -0.15) is 0 Å². The molecule has 4 heteroatoms. The topological polar surface area (TPSA) is 41.1 Å². The summed E-state index contributed by atoms with van der Waals surface area (Å²) in [6.45, 7) is 15.4. The molecule has 0 saturated heterocycles. The summed E-state index contributed by atoms with van der Waals surface area (Å²) in [5.74, 6) is 2.73. The average molecular weight is 292 g/mol. The first-order valence-electron chi connectivity index (χ1n) is 8.35. The van der Waals surface area contributed by atoms with Crippen molar-refractivity contribution in [3.8, 4) is 0 Å². The van der Waals surface area contributed by atoms with Gasteiger partial charge in [-0.05, 0) is 32.6 Å². The highest BCUT2D eigenvalue weighted by Crippen LogP contribution is 2.27. The zero-order valence-electron chi connectivity index (χ0n) is 14.6. The summed E-state index contributed by atoms with van der Waals surface area (Å²) in [7, 11) is 0. The molecule has 0 spiro atoms. The second-order valence-corrected chi connectivity index (χ2v) is 6.34. The molecule has 1 N–H and O–H groups in total. The van der Waals surface area contributed by atoms with Crippen LogP contribution in [0.1, 0.15) is 59.9 Å². The maximum atomic E-state index is 4.62. The molecule has 0 aliphatic heterocycles. The van der Waals surface area contributed by atoms with Crippen molar-refractivity contribution in [3.05, 3.63) is 11.9 Å². The zero-order chi connectivity index (χ0) is 15.8. The van der Waals surface area contributed by atoms with Crippen LogP contribution in [0, 0.1) is 5.92 Å². The van der Waals surface area contributed by atoms with E-state index in [4.69, 9.17) is 0 Å². The lowest BCUT2D eigenvalue weighted by molar-refractivity contribution is 0.563. The zero-order valence-corrected chi connectivity index (χ0v) is 14.6. The Balaban J connectivity index is 3.17. The Morgan fingerprint density at radius 1 is 1.10 bits per heavy atom. The van der Waals surface area contributed by atoms with Gasteiger partial charge in [0.1, 0.15) is 18.0 Å². The predicted molar refractivity (Wildman–Crippen MR) is 92.1 cm³/mol. The monoisotopic (exact) mass is 292 g/mol. The molecule has 0 fully saturated rings. The second kappa shape index (κ2) is 8.85. The molecule has 21 heavy (non-hydrogen) atoms. The van der Waals surface area contributed by atoms with Gasteiger partial charge in [0.25, 0.3) is 0 Å². The molecule has 1 aromatic heterocycles. The van der Waals surface area contributed by atoms with Crippen LogP contribution in [0.15, 0.2) is 6.33 Å². The number of rotatable bonds is 9. The van der Waals surface area contributed by atoms with Gasteiger partial charge in [-0.1, -0.05) is 34.1 Å². The summed E-state index contributed by atoms with van der Waals surface area (Å²) in [5.41, 5.74) is 1.27. The number of aromatic nitrogens is 2. The van der Waals surface area contributed by atoms with Crippen LogP contribution in [0.5, 0.6) is 0 Å². The molecule has 0 aliphatic carbocycles.